The number of guanidine groups is 1. The summed E-state index contributed by atoms with van der Waals surface area (Å²) in [6.07, 6.45) is 3.05. The van der Waals surface area contributed by atoms with Crippen LogP contribution in [0.2, 0.25) is 0 Å². The zero-order valence-corrected chi connectivity index (χ0v) is 18.2. The molecule has 2 rings (SSSR count). The minimum absolute atomic E-state index is 0. The van der Waals surface area contributed by atoms with E-state index in [1.54, 1.807) is 7.11 Å². The Hall–Kier alpha value is -1.28. The zero-order chi connectivity index (χ0) is 17.6. The predicted molar refractivity (Wildman–Crippen MR) is 117 cm³/mol. The Morgan fingerprint density at radius 3 is 2.72 bits per heavy atom. The molecule has 2 aromatic rings. The van der Waals surface area contributed by atoms with Crippen molar-refractivity contribution in [1.82, 2.24) is 15.6 Å². The molecule has 0 amide bonds. The van der Waals surface area contributed by atoms with E-state index < -0.39 is 0 Å². The largest absolute Gasteiger partial charge is 0.377 e. The van der Waals surface area contributed by atoms with E-state index in [4.69, 9.17) is 4.74 Å². The lowest BCUT2D eigenvalue weighted by molar-refractivity contribution is 0.0310. The molecule has 5 nitrogen and oxygen atoms in total. The van der Waals surface area contributed by atoms with Crippen molar-refractivity contribution in [3.05, 3.63) is 35.5 Å². The molecule has 0 radical (unpaired) electrons. The molecule has 0 spiro atoms. The van der Waals surface area contributed by atoms with E-state index in [1.165, 1.54) is 22.0 Å². The number of aromatic amines is 1. The molecule has 1 aromatic carbocycles. The van der Waals surface area contributed by atoms with Crippen LogP contribution in [-0.4, -0.2) is 43.3 Å². The first-order chi connectivity index (χ1) is 11.5. The number of aryl methyl sites for hydroxylation is 1. The van der Waals surface area contributed by atoms with Gasteiger partial charge in [-0.2, -0.15) is 0 Å². The van der Waals surface area contributed by atoms with Crippen LogP contribution in [0.15, 0.2) is 29.4 Å². The third-order valence-electron chi connectivity index (χ3n) is 4.21. The fourth-order valence-corrected chi connectivity index (χ4v) is 2.56. The lowest BCUT2D eigenvalue weighted by Crippen LogP contribution is -2.40. The fraction of sp³-hybridized carbons (Fsp3) is 0.526. The molecular formula is C19H31IN4O. The van der Waals surface area contributed by atoms with Crippen LogP contribution in [0.3, 0.4) is 0 Å². The molecule has 0 saturated heterocycles. The fourth-order valence-electron chi connectivity index (χ4n) is 2.56. The van der Waals surface area contributed by atoms with Gasteiger partial charge in [-0.1, -0.05) is 18.2 Å². The summed E-state index contributed by atoms with van der Waals surface area (Å²) in [5.41, 5.74) is 3.59. The Morgan fingerprint density at radius 2 is 2.04 bits per heavy atom. The molecule has 140 valence electrons. The third kappa shape index (κ3) is 6.18. The van der Waals surface area contributed by atoms with E-state index in [-0.39, 0.29) is 29.6 Å². The number of hydrogen-bond donors (Lipinski definition) is 3. The molecule has 25 heavy (non-hydrogen) atoms. The lowest BCUT2D eigenvalue weighted by atomic mass is 10.1. The molecule has 3 N–H and O–H groups in total. The highest BCUT2D eigenvalue weighted by atomic mass is 127. The van der Waals surface area contributed by atoms with E-state index in [0.29, 0.717) is 6.54 Å². The van der Waals surface area contributed by atoms with Crippen LogP contribution in [0, 0.1) is 6.92 Å². The van der Waals surface area contributed by atoms with E-state index in [0.717, 1.165) is 25.5 Å². The Morgan fingerprint density at radius 1 is 1.28 bits per heavy atom. The van der Waals surface area contributed by atoms with Gasteiger partial charge in [-0.25, -0.2) is 0 Å². The van der Waals surface area contributed by atoms with Crippen LogP contribution in [0.5, 0.6) is 0 Å². The summed E-state index contributed by atoms with van der Waals surface area (Å²) in [7, 11) is 1.72. The number of methoxy groups -OCH3 is 1. The number of benzene rings is 1. The summed E-state index contributed by atoms with van der Waals surface area (Å²) in [6.45, 7) is 10.6. The monoisotopic (exact) mass is 458 g/mol. The molecule has 1 heterocycles. The number of nitrogens with zero attached hydrogens (tertiary/aromatic N) is 1. The highest BCUT2D eigenvalue weighted by molar-refractivity contribution is 14.0. The Kier molecular flexibility index (Phi) is 8.71. The average Bonchev–Trinajstić information content (AvgIpc) is 2.97. The summed E-state index contributed by atoms with van der Waals surface area (Å²) < 4.78 is 5.42. The second-order valence-corrected chi connectivity index (χ2v) is 6.65. The van der Waals surface area contributed by atoms with Crippen molar-refractivity contribution >= 4 is 40.8 Å². The van der Waals surface area contributed by atoms with E-state index in [1.807, 2.05) is 13.8 Å². The predicted octanol–water partition coefficient (Wildman–Crippen LogP) is 3.62. The van der Waals surface area contributed by atoms with Gasteiger partial charge in [-0.15, -0.1) is 24.0 Å². The molecule has 1 aromatic heterocycles. The maximum absolute atomic E-state index is 5.42. The maximum Gasteiger partial charge on any atom is 0.191 e. The first kappa shape index (κ1) is 21.8. The Balaban J connectivity index is 0.00000312. The SMILES string of the molecule is CCNC(=NCC(C)(C)OC)NCCc1c[nH]c2c(C)cccc12.I. The van der Waals surface area contributed by atoms with Crippen LogP contribution >= 0.6 is 24.0 Å². The van der Waals surface area contributed by atoms with Crippen LogP contribution in [-0.2, 0) is 11.2 Å². The van der Waals surface area contributed by atoms with E-state index >= 15 is 0 Å². The van der Waals surface area contributed by atoms with Crippen LogP contribution in [0.4, 0.5) is 0 Å². The minimum Gasteiger partial charge on any atom is -0.377 e. The number of halogens is 1. The molecule has 0 unspecified atom stereocenters. The highest BCUT2D eigenvalue weighted by Gasteiger charge is 2.15. The van der Waals surface area contributed by atoms with Gasteiger partial charge in [0.2, 0.25) is 0 Å². The molecule has 0 fully saturated rings. The third-order valence-corrected chi connectivity index (χ3v) is 4.21. The number of fused-ring (bicyclic) bond motifs is 1. The van der Waals surface area contributed by atoms with Gasteiger partial charge in [-0.3, -0.25) is 4.99 Å². The lowest BCUT2D eigenvalue weighted by Gasteiger charge is -2.21. The van der Waals surface area contributed by atoms with Crippen molar-refractivity contribution in [2.45, 2.75) is 39.7 Å². The van der Waals surface area contributed by atoms with Gasteiger partial charge in [0.25, 0.3) is 0 Å². The number of nitrogens with one attached hydrogen (secondary N) is 3. The van der Waals surface area contributed by atoms with Gasteiger partial charge in [-0.05, 0) is 45.2 Å². The van der Waals surface area contributed by atoms with Gasteiger partial charge in [0, 0.05) is 37.3 Å². The normalized spacial score (nSPS) is 12.1. The molecule has 0 aliphatic carbocycles. The van der Waals surface area contributed by atoms with Crippen LogP contribution in [0.1, 0.15) is 31.9 Å². The van der Waals surface area contributed by atoms with E-state index in [9.17, 15) is 0 Å². The Labute approximate surface area is 168 Å². The first-order valence-corrected chi connectivity index (χ1v) is 8.59. The molecular weight excluding hydrogens is 427 g/mol. The van der Waals surface area contributed by atoms with Gasteiger partial charge in [0.15, 0.2) is 5.96 Å². The van der Waals surface area contributed by atoms with Crippen molar-refractivity contribution in [2.24, 2.45) is 4.99 Å². The quantitative estimate of drug-likeness (QED) is 0.338. The second kappa shape index (κ2) is 10.0. The summed E-state index contributed by atoms with van der Waals surface area (Å²) >= 11 is 0. The van der Waals surface area contributed by atoms with Gasteiger partial charge >= 0.3 is 0 Å². The summed E-state index contributed by atoms with van der Waals surface area (Å²) in [4.78, 5) is 8.00. The van der Waals surface area contributed by atoms with Crippen molar-refractivity contribution in [2.75, 3.05) is 26.7 Å². The molecule has 0 aliphatic heterocycles. The smallest absolute Gasteiger partial charge is 0.191 e. The Bertz CT molecular complexity index is 694. The summed E-state index contributed by atoms with van der Waals surface area (Å²) in [5.74, 6) is 0.832. The van der Waals surface area contributed by atoms with Gasteiger partial charge < -0.3 is 20.4 Å². The number of H-pyrrole nitrogens is 1. The van der Waals surface area contributed by atoms with Crippen molar-refractivity contribution in [3.63, 3.8) is 0 Å². The minimum atomic E-state index is -0.253. The maximum atomic E-state index is 5.42. The summed E-state index contributed by atoms with van der Waals surface area (Å²) in [6, 6.07) is 6.42. The van der Waals surface area contributed by atoms with Gasteiger partial charge in [0.05, 0.1) is 12.1 Å². The number of ether oxygens (including phenoxy) is 1. The highest BCUT2D eigenvalue weighted by Crippen LogP contribution is 2.21. The van der Waals surface area contributed by atoms with E-state index in [2.05, 4.69) is 58.9 Å². The molecule has 6 heteroatoms. The number of hydrogen-bond acceptors (Lipinski definition) is 2. The summed E-state index contributed by atoms with van der Waals surface area (Å²) in [5, 5.41) is 7.99. The number of rotatable bonds is 7. The molecule has 0 saturated carbocycles. The average molecular weight is 458 g/mol. The standard InChI is InChI=1S/C19H30N4O.HI/c1-6-20-18(23-13-19(3,4)24-5)21-11-10-15-12-22-17-14(2)8-7-9-16(15)17;/h7-9,12,22H,6,10-11,13H2,1-5H3,(H2,20,21,23);1H. The topological polar surface area (TPSA) is 61.4 Å². The number of aromatic nitrogens is 1. The van der Waals surface area contributed by atoms with Crippen LogP contribution < -0.4 is 10.6 Å². The van der Waals surface area contributed by atoms with Crippen molar-refractivity contribution in [1.29, 1.82) is 0 Å². The zero-order valence-electron chi connectivity index (χ0n) is 15.9. The van der Waals surface area contributed by atoms with Gasteiger partial charge in [0.1, 0.15) is 0 Å². The van der Waals surface area contributed by atoms with Crippen LogP contribution in [0.25, 0.3) is 10.9 Å². The first-order valence-electron chi connectivity index (χ1n) is 8.59. The molecule has 0 bridgehead atoms. The molecule has 0 aliphatic rings. The number of aliphatic imine (C=N–C) groups is 1. The molecule has 0 atom stereocenters. The number of para-hydroxylation sites is 1. The van der Waals surface area contributed by atoms with Crippen molar-refractivity contribution in [3.8, 4) is 0 Å². The van der Waals surface area contributed by atoms with Crippen molar-refractivity contribution < 1.29 is 4.74 Å². The second-order valence-electron chi connectivity index (χ2n) is 6.65.